The fraction of sp³-hybridized carbons (Fsp3) is 1.00. The van der Waals surface area contributed by atoms with Gasteiger partial charge < -0.3 is 18.2 Å². The van der Waals surface area contributed by atoms with E-state index in [1.54, 1.807) is 0 Å². The van der Waals surface area contributed by atoms with Crippen LogP contribution in [0, 0.1) is 0 Å². The molecule has 0 aliphatic heterocycles. The molecule has 0 aromatic heterocycles. The van der Waals surface area contributed by atoms with Crippen molar-refractivity contribution < 1.29 is 18.2 Å². The number of hydrogen-bond acceptors (Lipinski definition) is 5. The van der Waals surface area contributed by atoms with Gasteiger partial charge in [0.2, 0.25) is 16.6 Å². The number of rotatable bonds is 9. The Kier molecular flexibility index (Phi) is 7.53. The Morgan fingerprint density at radius 2 is 1.30 bits per heavy atom. The molecule has 0 aromatic carbocycles. The van der Waals surface area contributed by atoms with Gasteiger partial charge in [0.1, 0.15) is 0 Å². The van der Waals surface area contributed by atoms with Crippen molar-refractivity contribution in [3.05, 3.63) is 0 Å². The minimum absolute atomic E-state index is 0.440. The fourth-order valence-corrected chi connectivity index (χ4v) is 9.25. The molecular weight excluding hydrogens is 322 g/mol. The summed E-state index contributed by atoms with van der Waals surface area (Å²) in [5, 5.41) is 3.13. The first-order valence-electron chi connectivity index (χ1n) is 7.07. The SMILES string of the molecule is C[Si](C)(O)CO[Si](C)(C)NO[Si](C)(C)CO[Si](C)(C)C. The predicted octanol–water partition coefficient (Wildman–Crippen LogP) is 2.56. The Bertz CT molecular complexity index is 270. The molecule has 5 nitrogen and oxygen atoms in total. The van der Waals surface area contributed by atoms with E-state index in [4.69, 9.17) is 13.4 Å². The minimum atomic E-state index is -2.17. The van der Waals surface area contributed by atoms with Crippen molar-refractivity contribution in [3.8, 4) is 0 Å². The van der Waals surface area contributed by atoms with Gasteiger partial charge in [-0.3, -0.25) is 0 Å². The zero-order chi connectivity index (χ0) is 16.2. The summed E-state index contributed by atoms with van der Waals surface area (Å²) in [6.45, 7) is 18.6. The second-order valence-corrected chi connectivity index (χ2v) is 23.9. The maximum absolute atomic E-state index is 9.84. The van der Waals surface area contributed by atoms with Crippen molar-refractivity contribution in [2.24, 2.45) is 0 Å². The highest BCUT2D eigenvalue weighted by Crippen LogP contribution is 2.12. The van der Waals surface area contributed by atoms with E-state index >= 15 is 0 Å². The van der Waals surface area contributed by atoms with Crippen LogP contribution < -0.4 is 5.15 Å². The summed E-state index contributed by atoms with van der Waals surface area (Å²) in [7, 11) is -7.67. The molecular formula is C11H33NO4Si4. The maximum atomic E-state index is 9.84. The zero-order valence-corrected chi connectivity index (χ0v) is 18.6. The molecule has 0 aromatic rings. The highest BCUT2D eigenvalue weighted by molar-refractivity contribution is 6.76. The molecule has 20 heavy (non-hydrogen) atoms. The van der Waals surface area contributed by atoms with Gasteiger partial charge in [-0.1, -0.05) is 0 Å². The molecule has 0 heterocycles. The molecule has 0 aliphatic rings. The van der Waals surface area contributed by atoms with E-state index in [2.05, 4.69) is 37.9 Å². The third-order valence-electron chi connectivity index (χ3n) is 2.21. The molecule has 0 aliphatic carbocycles. The van der Waals surface area contributed by atoms with Gasteiger partial charge in [0.15, 0.2) is 8.32 Å². The molecule has 0 atom stereocenters. The van der Waals surface area contributed by atoms with E-state index in [9.17, 15) is 4.80 Å². The molecule has 0 rings (SSSR count). The topological polar surface area (TPSA) is 60.0 Å². The molecule has 0 fully saturated rings. The minimum Gasteiger partial charge on any atom is -0.430 e. The lowest BCUT2D eigenvalue weighted by Crippen LogP contribution is -2.56. The Labute approximate surface area is 128 Å². The lowest BCUT2D eigenvalue weighted by Gasteiger charge is -2.32. The molecule has 0 bridgehead atoms. The number of hydrogen-bond donors (Lipinski definition) is 2. The first kappa shape index (κ1) is 20.7. The Balaban J connectivity index is 4.23. The van der Waals surface area contributed by atoms with E-state index < -0.39 is 33.4 Å². The molecule has 0 spiro atoms. The van der Waals surface area contributed by atoms with Crippen molar-refractivity contribution in [1.29, 1.82) is 0 Å². The van der Waals surface area contributed by atoms with Crippen LogP contribution in [-0.4, -0.2) is 50.7 Å². The summed E-state index contributed by atoms with van der Waals surface area (Å²) in [4.78, 5) is 9.84. The molecule has 0 saturated carbocycles. The fourth-order valence-electron chi connectivity index (χ4n) is 1.07. The standard InChI is InChI=1S/C11H33NO4Si4/c1-17(2,3)14-11-19(6,7)16-12-20(8,9)15-10-18(4,5)13/h12-13H,10-11H2,1-9H3. The van der Waals surface area contributed by atoms with E-state index in [1.807, 2.05) is 26.2 Å². The normalized spacial score (nSPS) is 14.7. The highest BCUT2D eigenvalue weighted by Gasteiger charge is 2.33. The van der Waals surface area contributed by atoms with Crippen LogP contribution >= 0.6 is 0 Å². The van der Waals surface area contributed by atoms with Crippen LogP contribution in [-0.2, 0) is 13.4 Å². The Hall–Kier alpha value is 0.668. The highest BCUT2D eigenvalue weighted by atomic mass is 28.4. The van der Waals surface area contributed by atoms with Crippen molar-refractivity contribution in [3.63, 3.8) is 0 Å². The average Bonchev–Trinajstić information content (AvgIpc) is 2.20. The molecule has 2 N–H and O–H groups in total. The van der Waals surface area contributed by atoms with E-state index in [1.165, 1.54) is 0 Å². The van der Waals surface area contributed by atoms with Gasteiger partial charge in [0.05, 0.1) is 12.5 Å². The molecule has 0 unspecified atom stereocenters. The molecule has 0 radical (unpaired) electrons. The van der Waals surface area contributed by atoms with Gasteiger partial charge >= 0.3 is 0 Å². The number of nitrogens with one attached hydrogen (secondary N) is 1. The van der Waals surface area contributed by atoms with Crippen molar-refractivity contribution >= 4 is 33.4 Å². The maximum Gasteiger partial charge on any atom is 0.284 e. The van der Waals surface area contributed by atoms with Crippen LogP contribution in [0.15, 0.2) is 0 Å². The van der Waals surface area contributed by atoms with Crippen LogP contribution in [0.4, 0.5) is 0 Å². The zero-order valence-electron chi connectivity index (χ0n) is 14.6. The van der Waals surface area contributed by atoms with E-state index in [-0.39, 0.29) is 0 Å². The summed E-state index contributed by atoms with van der Waals surface area (Å²) in [6.07, 6.45) is 1.14. The lowest BCUT2D eigenvalue weighted by atomic mass is 11.7. The van der Waals surface area contributed by atoms with Gasteiger partial charge in [-0.2, -0.15) is 0 Å². The molecule has 9 heteroatoms. The molecule has 0 amide bonds. The van der Waals surface area contributed by atoms with Gasteiger partial charge in [0, 0.05) is 0 Å². The van der Waals surface area contributed by atoms with Crippen molar-refractivity contribution in [2.45, 2.75) is 58.9 Å². The average molecular weight is 356 g/mol. The van der Waals surface area contributed by atoms with Crippen LogP contribution in [0.5, 0.6) is 0 Å². The van der Waals surface area contributed by atoms with Gasteiger partial charge in [-0.15, -0.1) is 0 Å². The first-order chi connectivity index (χ1) is 8.62. The summed E-state index contributed by atoms with van der Waals surface area (Å²) in [5.74, 6) is 0. The van der Waals surface area contributed by atoms with Gasteiger partial charge in [0.25, 0.3) is 8.48 Å². The summed E-state index contributed by atoms with van der Waals surface area (Å²) < 4.78 is 17.7. The van der Waals surface area contributed by atoms with Gasteiger partial charge in [-0.05, 0) is 58.9 Å². The first-order valence-corrected chi connectivity index (χ1v) is 19.7. The third-order valence-corrected chi connectivity index (χ3v) is 7.81. The lowest BCUT2D eigenvalue weighted by molar-refractivity contribution is 0.193. The van der Waals surface area contributed by atoms with Crippen LogP contribution in [0.3, 0.4) is 0 Å². The van der Waals surface area contributed by atoms with Crippen LogP contribution in [0.2, 0.25) is 58.9 Å². The van der Waals surface area contributed by atoms with Crippen molar-refractivity contribution in [2.75, 3.05) is 12.5 Å². The summed E-state index contributed by atoms with van der Waals surface area (Å²) in [6, 6.07) is 0. The third kappa shape index (κ3) is 12.4. The molecule has 0 saturated heterocycles. The monoisotopic (exact) mass is 355 g/mol. The quantitative estimate of drug-likeness (QED) is 0.492. The molecule has 122 valence electrons. The van der Waals surface area contributed by atoms with E-state index in [0.29, 0.717) is 12.5 Å². The summed E-state index contributed by atoms with van der Waals surface area (Å²) >= 11 is 0. The van der Waals surface area contributed by atoms with Crippen molar-refractivity contribution in [1.82, 2.24) is 5.15 Å². The largest absolute Gasteiger partial charge is 0.430 e. The Morgan fingerprint density at radius 3 is 1.70 bits per heavy atom. The summed E-state index contributed by atoms with van der Waals surface area (Å²) in [5.41, 5.74) is 0. The predicted molar refractivity (Wildman–Crippen MR) is 94.1 cm³/mol. The second-order valence-electron chi connectivity index (χ2n) is 7.98. The smallest absolute Gasteiger partial charge is 0.284 e. The van der Waals surface area contributed by atoms with Crippen LogP contribution in [0.25, 0.3) is 0 Å². The van der Waals surface area contributed by atoms with Gasteiger partial charge in [-0.25, -0.2) is 5.15 Å². The second kappa shape index (κ2) is 7.29. The van der Waals surface area contributed by atoms with E-state index in [0.717, 1.165) is 0 Å². The Morgan fingerprint density at radius 1 is 0.800 bits per heavy atom. The van der Waals surface area contributed by atoms with Crippen LogP contribution in [0.1, 0.15) is 0 Å².